The molecule has 0 unspecified atom stereocenters. The maximum atomic E-state index is 10.00. The number of phenols is 1. The molecule has 0 fully saturated rings. The lowest BCUT2D eigenvalue weighted by Crippen LogP contribution is -2.33. The van der Waals surface area contributed by atoms with Crippen molar-refractivity contribution in [1.82, 2.24) is 0 Å². The zero-order valence-electron chi connectivity index (χ0n) is 14.8. The van der Waals surface area contributed by atoms with Gasteiger partial charge in [-0.3, -0.25) is 0 Å². The molecule has 3 heteroatoms. The van der Waals surface area contributed by atoms with E-state index in [1.807, 2.05) is 49.4 Å². The molecule has 0 atom stereocenters. The Labute approximate surface area is 148 Å². The van der Waals surface area contributed by atoms with Gasteiger partial charge in [-0.15, -0.1) is 0 Å². The Morgan fingerprint density at radius 3 is 1.84 bits per heavy atom. The number of hydrogen-bond donors (Lipinski definition) is 2. The second-order valence-corrected chi connectivity index (χ2v) is 6.27. The van der Waals surface area contributed by atoms with Crippen LogP contribution in [0.15, 0.2) is 72.8 Å². The molecular weight excluding hydrogens is 310 g/mol. The zero-order valence-corrected chi connectivity index (χ0v) is 14.8. The molecule has 0 aliphatic heterocycles. The molecule has 3 nitrogen and oxygen atoms in total. The van der Waals surface area contributed by atoms with Gasteiger partial charge in [-0.25, -0.2) is 0 Å². The minimum atomic E-state index is -0.421. The Hall–Kier alpha value is -2.94. The van der Waals surface area contributed by atoms with Crippen molar-refractivity contribution in [3.8, 4) is 11.5 Å². The third-order valence-corrected chi connectivity index (χ3v) is 4.68. The lowest BCUT2D eigenvalue weighted by Gasteiger charge is -2.34. The Morgan fingerprint density at radius 1 is 0.840 bits per heavy atom. The SMILES string of the molecule is COc1c(O)ccc(NC(C)(c2ccccc2)c2ccccc2)c1C. The van der Waals surface area contributed by atoms with Crippen molar-refractivity contribution in [2.75, 3.05) is 12.4 Å². The van der Waals surface area contributed by atoms with E-state index >= 15 is 0 Å². The number of hydrogen-bond acceptors (Lipinski definition) is 3. The number of aromatic hydroxyl groups is 1. The lowest BCUT2D eigenvalue weighted by molar-refractivity contribution is 0.371. The average molecular weight is 333 g/mol. The van der Waals surface area contributed by atoms with Gasteiger partial charge < -0.3 is 15.2 Å². The van der Waals surface area contributed by atoms with Crippen LogP contribution in [0, 0.1) is 6.92 Å². The number of anilines is 1. The van der Waals surface area contributed by atoms with Crippen LogP contribution in [0.3, 0.4) is 0 Å². The Morgan fingerprint density at radius 2 is 1.36 bits per heavy atom. The topological polar surface area (TPSA) is 41.5 Å². The van der Waals surface area contributed by atoms with Crippen molar-refractivity contribution < 1.29 is 9.84 Å². The van der Waals surface area contributed by atoms with E-state index < -0.39 is 5.54 Å². The van der Waals surface area contributed by atoms with Crippen molar-refractivity contribution in [1.29, 1.82) is 0 Å². The fourth-order valence-corrected chi connectivity index (χ4v) is 3.19. The standard InChI is InChI=1S/C22H23NO2/c1-16-19(14-15-20(24)21(16)25-3)23-22(2,17-10-6-4-7-11-17)18-12-8-5-9-13-18/h4-15,23-24H,1-3H3. The van der Waals surface area contributed by atoms with E-state index in [0.29, 0.717) is 5.75 Å². The maximum Gasteiger partial charge on any atom is 0.165 e. The van der Waals surface area contributed by atoms with Crippen LogP contribution in [-0.2, 0) is 5.54 Å². The molecule has 3 rings (SSSR count). The van der Waals surface area contributed by atoms with E-state index in [4.69, 9.17) is 4.74 Å². The maximum absolute atomic E-state index is 10.00. The molecule has 0 radical (unpaired) electrons. The first-order chi connectivity index (χ1) is 12.1. The molecule has 3 aromatic carbocycles. The molecule has 2 N–H and O–H groups in total. The second-order valence-electron chi connectivity index (χ2n) is 6.27. The summed E-state index contributed by atoms with van der Waals surface area (Å²) in [6, 6.07) is 24.2. The number of ether oxygens (including phenoxy) is 1. The fourth-order valence-electron chi connectivity index (χ4n) is 3.19. The summed E-state index contributed by atoms with van der Waals surface area (Å²) in [5.41, 5.74) is 3.70. The highest BCUT2D eigenvalue weighted by Gasteiger charge is 2.29. The van der Waals surface area contributed by atoms with Crippen LogP contribution in [0.4, 0.5) is 5.69 Å². The largest absolute Gasteiger partial charge is 0.504 e. The second kappa shape index (κ2) is 6.89. The van der Waals surface area contributed by atoms with E-state index in [-0.39, 0.29) is 5.75 Å². The molecule has 25 heavy (non-hydrogen) atoms. The molecular formula is C22H23NO2. The first-order valence-electron chi connectivity index (χ1n) is 8.32. The van der Waals surface area contributed by atoms with E-state index in [1.54, 1.807) is 13.2 Å². The predicted molar refractivity (Wildman–Crippen MR) is 102 cm³/mol. The number of methoxy groups -OCH3 is 1. The van der Waals surface area contributed by atoms with Gasteiger partial charge in [0.15, 0.2) is 11.5 Å². The van der Waals surface area contributed by atoms with Crippen molar-refractivity contribution in [2.45, 2.75) is 19.4 Å². The van der Waals surface area contributed by atoms with Gasteiger partial charge in [-0.05, 0) is 37.1 Å². The molecule has 0 aliphatic carbocycles. The fraction of sp³-hybridized carbons (Fsp3) is 0.182. The summed E-state index contributed by atoms with van der Waals surface area (Å²) in [6.07, 6.45) is 0. The van der Waals surface area contributed by atoms with Crippen molar-refractivity contribution >= 4 is 5.69 Å². The van der Waals surface area contributed by atoms with Gasteiger partial charge in [-0.2, -0.15) is 0 Å². The summed E-state index contributed by atoms with van der Waals surface area (Å²) in [5, 5.41) is 13.7. The highest BCUT2D eigenvalue weighted by molar-refractivity contribution is 5.64. The Kier molecular flexibility index (Phi) is 4.66. The molecule has 0 saturated carbocycles. The molecule has 0 heterocycles. The van der Waals surface area contributed by atoms with Crippen LogP contribution < -0.4 is 10.1 Å². The third-order valence-electron chi connectivity index (χ3n) is 4.68. The van der Waals surface area contributed by atoms with Crippen molar-refractivity contribution in [3.63, 3.8) is 0 Å². The highest BCUT2D eigenvalue weighted by atomic mass is 16.5. The summed E-state index contributed by atoms with van der Waals surface area (Å²) in [5.74, 6) is 0.639. The summed E-state index contributed by atoms with van der Waals surface area (Å²) in [7, 11) is 1.57. The van der Waals surface area contributed by atoms with Gasteiger partial charge in [0.25, 0.3) is 0 Å². The minimum absolute atomic E-state index is 0.145. The van der Waals surface area contributed by atoms with Crippen molar-refractivity contribution in [2.24, 2.45) is 0 Å². The summed E-state index contributed by atoms with van der Waals surface area (Å²) >= 11 is 0. The zero-order chi connectivity index (χ0) is 17.9. The van der Waals surface area contributed by atoms with Gasteiger partial charge in [0.05, 0.1) is 12.6 Å². The predicted octanol–water partition coefficient (Wildman–Crippen LogP) is 5.08. The van der Waals surface area contributed by atoms with E-state index in [2.05, 4.69) is 36.5 Å². The van der Waals surface area contributed by atoms with Crippen LogP contribution in [0.5, 0.6) is 11.5 Å². The molecule has 0 saturated heterocycles. The molecule has 128 valence electrons. The molecule has 0 amide bonds. The van der Waals surface area contributed by atoms with Crippen LogP contribution in [0.25, 0.3) is 0 Å². The number of phenolic OH excluding ortho intramolecular Hbond substituents is 1. The van der Waals surface area contributed by atoms with Crippen LogP contribution in [-0.4, -0.2) is 12.2 Å². The lowest BCUT2D eigenvalue weighted by atomic mass is 9.84. The smallest absolute Gasteiger partial charge is 0.165 e. The highest BCUT2D eigenvalue weighted by Crippen LogP contribution is 2.39. The van der Waals surface area contributed by atoms with Gasteiger partial charge in [-0.1, -0.05) is 60.7 Å². The van der Waals surface area contributed by atoms with Crippen LogP contribution in [0.1, 0.15) is 23.6 Å². The summed E-state index contributed by atoms with van der Waals surface area (Å²) < 4.78 is 5.35. The number of rotatable bonds is 5. The molecule has 0 bridgehead atoms. The van der Waals surface area contributed by atoms with Crippen LogP contribution >= 0.6 is 0 Å². The van der Waals surface area contributed by atoms with Crippen molar-refractivity contribution in [3.05, 3.63) is 89.5 Å². The van der Waals surface area contributed by atoms with Crippen LogP contribution in [0.2, 0.25) is 0 Å². The van der Waals surface area contributed by atoms with Gasteiger partial charge in [0.2, 0.25) is 0 Å². The van der Waals surface area contributed by atoms with Gasteiger partial charge in [0.1, 0.15) is 0 Å². The first kappa shape index (κ1) is 16.9. The number of nitrogens with one attached hydrogen (secondary N) is 1. The van der Waals surface area contributed by atoms with Gasteiger partial charge >= 0.3 is 0 Å². The monoisotopic (exact) mass is 333 g/mol. The van der Waals surface area contributed by atoms with Gasteiger partial charge in [0, 0.05) is 11.3 Å². The summed E-state index contributed by atoms with van der Waals surface area (Å²) in [6.45, 7) is 4.10. The number of benzene rings is 3. The van der Waals surface area contributed by atoms with E-state index in [9.17, 15) is 5.11 Å². The first-order valence-corrected chi connectivity index (χ1v) is 8.32. The Balaban J connectivity index is 2.12. The molecule has 0 spiro atoms. The molecule has 3 aromatic rings. The summed E-state index contributed by atoms with van der Waals surface area (Å²) in [4.78, 5) is 0. The quantitative estimate of drug-likeness (QED) is 0.639. The molecule has 0 aromatic heterocycles. The Bertz CT molecular complexity index is 805. The van der Waals surface area contributed by atoms with E-state index in [1.165, 1.54) is 0 Å². The minimum Gasteiger partial charge on any atom is -0.504 e. The third kappa shape index (κ3) is 3.18. The average Bonchev–Trinajstić information content (AvgIpc) is 2.66. The normalized spacial score (nSPS) is 11.2. The van der Waals surface area contributed by atoms with E-state index in [0.717, 1.165) is 22.4 Å². The molecule has 0 aliphatic rings.